The van der Waals surface area contributed by atoms with Crippen molar-refractivity contribution in [1.29, 1.82) is 5.26 Å². The highest BCUT2D eigenvalue weighted by molar-refractivity contribution is 6.39. The lowest BCUT2D eigenvalue weighted by atomic mass is 10.1. The number of nitrogens with zero attached hydrogens (tertiary/aromatic N) is 2. The van der Waals surface area contributed by atoms with Crippen LogP contribution in [-0.2, 0) is 9.59 Å². The molecule has 1 unspecified atom stereocenters. The fourth-order valence-corrected chi connectivity index (χ4v) is 1.13. The lowest BCUT2D eigenvalue weighted by Gasteiger charge is -2.14. The minimum absolute atomic E-state index is 0.184. The average molecular weight is 208 g/mol. The van der Waals surface area contributed by atoms with Crippen molar-refractivity contribution < 1.29 is 9.59 Å². The van der Waals surface area contributed by atoms with Gasteiger partial charge in [0, 0.05) is 18.9 Å². The molecule has 1 rings (SSSR count). The molecule has 1 atom stereocenters. The van der Waals surface area contributed by atoms with E-state index >= 15 is 0 Å². The summed E-state index contributed by atoms with van der Waals surface area (Å²) in [4.78, 5) is 22.3. The van der Waals surface area contributed by atoms with Crippen LogP contribution in [0.15, 0.2) is 5.10 Å². The maximum atomic E-state index is 11.5. The molecule has 0 aliphatic carbocycles. The summed E-state index contributed by atoms with van der Waals surface area (Å²) in [6.07, 6.45) is 0.876. The molecule has 2 amide bonds. The van der Waals surface area contributed by atoms with Crippen LogP contribution in [0.25, 0.3) is 0 Å². The lowest BCUT2D eigenvalue weighted by Crippen LogP contribution is -2.40. The van der Waals surface area contributed by atoms with Gasteiger partial charge in [-0.25, -0.2) is 5.43 Å². The summed E-state index contributed by atoms with van der Waals surface area (Å²) in [5.74, 6) is -0.505. The Morgan fingerprint density at radius 3 is 3.00 bits per heavy atom. The van der Waals surface area contributed by atoms with Gasteiger partial charge in [0.15, 0.2) is 0 Å². The van der Waals surface area contributed by atoms with Gasteiger partial charge in [-0.3, -0.25) is 9.59 Å². The normalized spacial score (nSPS) is 17.1. The van der Waals surface area contributed by atoms with Crippen LogP contribution in [0.4, 0.5) is 0 Å². The van der Waals surface area contributed by atoms with Gasteiger partial charge in [0.2, 0.25) is 5.91 Å². The van der Waals surface area contributed by atoms with E-state index < -0.39 is 0 Å². The summed E-state index contributed by atoms with van der Waals surface area (Å²) in [6.45, 7) is 1.74. The van der Waals surface area contributed by atoms with Crippen LogP contribution >= 0.6 is 0 Å². The molecule has 0 saturated carbocycles. The Labute approximate surface area is 87.3 Å². The third-order valence-corrected chi connectivity index (χ3v) is 1.94. The molecule has 1 aliphatic rings. The van der Waals surface area contributed by atoms with E-state index in [2.05, 4.69) is 15.8 Å². The van der Waals surface area contributed by atoms with Crippen LogP contribution in [0.5, 0.6) is 0 Å². The topological polar surface area (TPSA) is 94.3 Å². The number of nitriles is 1. The quantitative estimate of drug-likeness (QED) is 0.664. The van der Waals surface area contributed by atoms with E-state index in [0.717, 1.165) is 0 Å². The average Bonchev–Trinajstić information content (AvgIpc) is 2.18. The summed E-state index contributed by atoms with van der Waals surface area (Å²) in [5.41, 5.74) is 2.55. The van der Waals surface area contributed by atoms with Gasteiger partial charge in [-0.2, -0.15) is 10.4 Å². The lowest BCUT2D eigenvalue weighted by molar-refractivity contribution is -0.121. The minimum atomic E-state index is -0.322. The molecule has 0 saturated heterocycles. The molecule has 1 heterocycles. The molecule has 0 aromatic heterocycles. The van der Waals surface area contributed by atoms with E-state index in [1.165, 1.54) is 0 Å². The zero-order valence-corrected chi connectivity index (χ0v) is 8.41. The number of hydrazone groups is 1. The highest BCUT2D eigenvalue weighted by Crippen LogP contribution is 2.00. The SMILES string of the molecule is CC(CC#N)NC(=O)C1=NNC(=O)CC1. The largest absolute Gasteiger partial charge is 0.347 e. The molecule has 0 aromatic carbocycles. The monoisotopic (exact) mass is 208 g/mol. The van der Waals surface area contributed by atoms with Crippen molar-refractivity contribution in [2.75, 3.05) is 0 Å². The standard InChI is InChI=1S/C9H12N4O2/c1-6(4-5-10)11-9(15)7-2-3-8(14)13-12-7/h6H,2-4H2,1H3,(H,11,15)(H,13,14). The first-order valence-corrected chi connectivity index (χ1v) is 4.66. The van der Waals surface area contributed by atoms with Crippen molar-refractivity contribution in [2.45, 2.75) is 32.2 Å². The summed E-state index contributed by atoms with van der Waals surface area (Å²) < 4.78 is 0. The molecule has 0 aromatic rings. The molecule has 2 N–H and O–H groups in total. The van der Waals surface area contributed by atoms with Gasteiger partial charge in [0.1, 0.15) is 5.71 Å². The maximum Gasteiger partial charge on any atom is 0.267 e. The Balaban J connectivity index is 2.48. The second-order valence-corrected chi connectivity index (χ2v) is 3.33. The fourth-order valence-electron chi connectivity index (χ4n) is 1.13. The van der Waals surface area contributed by atoms with Crippen LogP contribution in [0.2, 0.25) is 0 Å². The van der Waals surface area contributed by atoms with Crippen LogP contribution < -0.4 is 10.7 Å². The van der Waals surface area contributed by atoms with E-state index in [1.807, 2.05) is 6.07 Å². The van der Waals surface area contributed by atoms with Crippen molar-refractivity contribution in [2.24, 2.45) is 5.10 Å². The molecular formula is C9H12N4O2. The Hall–Kier alpha value is -1.90. The van der Waals surface area contributed by atoms with Gasteiger partial charge >= 0.3 is 0 Å². The molecule has 0 fully saturated rings. The Kier molecular flexibility index (Phi) is 3.80. The predicted molar refractivity (Wildman–Crippen MR) is 52.6 cm³/mol. The van der Waals surface area contributed by atoms with Crippen LogP contribution in [-0.4, -0.2) is 23.6 Å². The Morgan fingerprint density at radius 1 is 1.73 bits per heavy atom. The zero-order chi connectivity index (χ0) is 11.3. The summed E-state index contributed by atoms with van der Waals surface area (Å²) in [5, 5.41) is 14.7. The fraction of sp³-hybridized carbons (Fsp3) is 0.556. The number of carbonyl (C=O) groups is 2. The van der Waals surface area contributed by atoms with E-state index in [4.69, 9.17) is 5.26 Å². The second-order valence-electron chi connectivity index (χ2n) is 3.33. The molecule has 6 heteroatoms. The first-order chi connectivity index (χ1) is 7.13. The zero-order valence-electron chi connectivity index (χ0n) is 8.41. The third kappa shape index (κ3) is 3.38. The number of hydrogen-bond acceptors (Lipinski definition) is 4. The molecule has 0 radical (unpaired) electrons. The van der Waals surface area contributed by atoms with Crippen molar-refractivity contribution >= 4 is 17.5 Å². The van der Waals surface area contributed by atoms with Crippen LogP contribution in [0.1, 0.15) is 26.2 Å². The molecule has 80 valence electrons. The number of hydrogen-bond donors (Lipinski definition) is 2. The number of carbonyl (C=O) groups excluding carboxylic acids is 2. The molecule has 6 nitrogen and oxygen atoms in total. The van der Waals surface area contributed by atoms with Gasteiger partial charge < -0.3 is 5.32 Å². The number of rotatable bonds is 3. The first kappa shape index (κ1) is 11.2. The molecule has 0 spiro atoms. The van der Waals surface area contributed by atoms with E-state index in [-0.39, 0.29) is 30.7 Å². The van der Waals surface area contributed by atoms with Gasteiger partial charge in [-0.1, -0.05) is 0 Å². The Bertz CT molecular complexity index is 343. The molecular weight excluding hydrogens is 196 g/mol. The Morgan fingerprint density at radius 2 is 2.47 bits per heavy atom. The van der Waals surface area contributed by atoms with Crippen LogP contribution in [0.3, 0.4) is 0 Å². The summed E-state index contributed by atoms with van der Waals surface area (Å²) >= 11 is 0. The van der Waals surface area contributed by atoms with Gasteiger partial charge in [0.05, 0.1) is 12.5 Å². The minimum Gasteiger partial charge on any atom is -0.347 e. The molecule has 1 aliphatic heterocycles. The smallest absolute Gasteiger partial charge is 0.267 e. The maximum absolute atomic E-state index is 11.5. The molecule has 15 heavy (non-hydrogen) atoms. The highest BCUT2D eigenvalue weighted by Gasteiger charge is 2.19. The van der Waals surface area contributed by atoms with Gasteiger partial charge in [-0.15, -0.1) is 0 Å². The number of amides is 2. The van der Waals surface area contributed by atoms with Gasteiger partial charge in [0.25, 0.3) is 5.91 Å². The van der Waals surface area contributed by atoms with E-state index in [1.54, 1.807) is 6.92 Å². The van der Waals surface area contributed by atoms with Crippen molar-refractivity contribution in [3.05, 3.63) is 0 Å². The summed E-state index contributed by atoms with van der Waals surface area (Å²) in [6, 6.07) is 1.75. The molecule has 0 bridgehead atoms. The van der Waals surface area contributed by atoms with E-state index in [9.17, 15) is 9.59 Å². The van der Waals surface area contributed by atoms with Crippen molar-refractivity contribution in [3.8, 4) is 6.07 Å². The predicted octanol–water partition coefficient (Wildman–Crippen LogP) is -0.329. The summed E-state index contributed by atoms with van der Waals surface area (Å²) in [7, 11) is 0. The van der Waals surface area contributed by atoms with Crippen molar-refractivity contribution in [3.63, 3.8) is 0 Å². The van der Waals surface area contributed by atoms with Gasteiger partial charge in [-0.05, 0) is 6.92 Å². The highest BCUT2D eigenvalue weighted by atomic mass is 16.2. The van der Waals surface area contributed by atoms with E-state index in [0.29, 0.717) is 12.1 Å². The van der Waals surface area contributed by atoms with Crippen molar-refractivity contribution in [1.82, 2.24) is 10.7 Å². The van der Waals surface area contributed by atoms with Crippen LogP contribution in [0, 0.1) is 11.3 Å². The second kappa shape index (κ2) is 5.10. The number of nitrogens with one attached hydrogen (secondary N) is 2. The third-order valence-electron chi connectivity index (χ3n) is 1.94. The first-order valence-electron chi connectivity index (χ1n) is 4.66.